The highest BCUT2D eigenvalue weighted by Crippen LogP contribution is 2.11. The molecule has 7 heteroatoms. The van der Waals surface area contributed by atoms with E-state index in [2.05, 4.69) is 10.6 Å². The number of carboxylic acids is 1. The van der Waals surface area contributed by atoms with Gasteiger partial charge in [-0.15, -0.1) is 0 Å². The molecule has 0 aromatic rings. The van der Waals surface area contributed by atoms with E-state index >= 15 is 0 Å². The van der Waals surface area contributed by atoms with Crippen molar-refractivity contribution in [3.8, 4) is 0 Å². The first-order valence-corrected chi connectivity index (χ1v) is 5.58. The lowest BCUT2D eigenvalue weighted by Gasteiger charge is -2.29. The number of hydrogen-bond donors (Lipinski definition) is 4. The van der Waals surface area contributed by atoms with Gasteiger partial charge in [-0.05, 0) is 34.1 Å². The molecule has 0 rings (SSSR count). The quantitative estimate of drug-likeness (QED) is 0.544. The second kappa shape index (κ2) is 5.70. The fourth-order valence-corrected chi connectivity index (χ4v) is 1.17. The van der Waals surface area contributed by atoms with E-state index in [9.17, 15) is 14.4 Å². The smallest absolute Gasteiger partial charge is 0.316 e. The summed E-state index contributed by atoms with van der Waals surface area (Å²) in [7, 11) is 0. The van der Waals surface area contributed by atoms with E-state index in [1.165, 1.54) is 13.8 Å². The van der Waals surface area contributed by atoms with Crippen molar-refractivity contribution in [3.05, 3.63) is 0 Å². The van der Waals surface area contributed by atoms with E-state index in [1.807, 2.05) is 0 Å². The van der Waals surface area contributed by atoms with Gasteiger partial charge in [0.1, 0.15) is 5.54 Å². The minimum atomic E-state index is -1.16. The molecule has 0 fully saturated rings. The highest BCUT2D eigenvalue weighted by molar-refractivity contribution is 5.89. The Bertz CT molecular complexity index is 350. The van der Waals surface area contributed by atoms with Crippen molar-refractivity contribution in [2.45, 2.75) is 51.6 Å². The largest absolute Gasteiger partial charge is 0.481 e. The van der Waals surface area contributed by atoms with Crippen LogP contribution in [0.15, 0.2) is 0 Å². The Labute approximate surface area is 106 Å². The maximum Gasteiger partial charge on any atom is 0.316 e. The Morgan fingerprint density at radius 3 is 2.00 bits per heavy atom. The van der Waals surface area contributed by atoms with Crippen molar-refractivity contribution in [1.29, 1.82) is 0 Å². The van der Waals surface area contributed by atoms with Crippen LogP contribution < -0.4 is 16.4 Å². The first-order valence-electron chi connectivity index (χ1n) is 5.58. The fourth-order valence-electron chi connectivity index (χ4n) is 1.17. The van der Waals surface area contributed by atoms with Crippen molar-refractivity contribution in [3.63, 3.8) is 0 Å². The van der Waals surface area contributed by atoms with E-state index in [-0.39, 0.29) is 12.8 Å². The Kier molecular flexibility index (Phi) is 5.13. The summed E-state index contributed by atoms with van der Waals surface area (Å²) in [6, 6.07) is -0.561. The molecule has 0 heterocycles. The van der Waals surface area contributed by atoms with E-state index in [4.69, 9.17) is 10.8 Å². The third kappa shape index (κ3) is 6.07. The van der Waals surface area contributed by atoms with Crippen LogP contribution in [0.4, 0.5) is 4.79 Å². The highest BCUT2D eigenvalue weighted by Gasteiger charge is 2.29. The van der Waals surface area contributed by atoms with Crippen molar-refractivity contribution in [1.82, 2.24) is 10.6 Å². The number of carboxylic acid groups (broad SMARTS) is 1. The molecule has 0 atom stereocenters. The van der Waals surface area contributed by atoms with Gasteiger partial charge < -0.3 is 21.5 Å². The summed E-state index contributed by atoms with van der Waals surface area (Å²) in [5.74, 6) is -1.58. The summed E-state index contributed by atoms with van der Waals surface area (Å²) in [6.45, 7) is 6.37. The van der Waals surface area contributed by atoms with Gasteiger partial charge >= 0.3 is 12.0 Å². The Hall–Kier alpha value is -1.79. The van der Waals surface area contributed by atoms with Crippen LogP contribution in [0.1, 0.15) is 40.5 Å². The monoisotopic (exact) mass is 259 g/mol. The van der Waals surface area contributed by atoms with Crippen LogP contribution in [0.5, 0.6) is 0 Å². The molecule has 0 aliphatic heterocycles. The SMILES string of the molecule is CC(C)(CCC(=O)O)NC(=O)NC(C)(C)C(N)=O. The molecule has 5 N–H and O–H groups in total. The lowest BCUT2D eigenvalue weighted by molar-refractivity contribution is -0.137. The van der Waals surface area contributed by atoms with Gasteiger partial charge in [0.05, 0.1) is 0 Å². The van der Waals surface area contributed by atoms with Crippen LogP contribution in [0.3, 0.4) is 0 Å². The summed E-state index contributed by atoms with van der Waals surface area (Å²) in [4.78, 5) is 33.1. The predicted molar refractivity (Wildman–Crippen MR) is 65.9 cm³/mol. The molecule has 0 saturated carbocycles. The maximum atomic E-state index is 11.6. The van der Waals surface area contributed by atoms with Crippen molar-refractivity contribution in [2.24, 2.45) is 5.73 Å². The number of primary amides is 1. The van der Waals surface area contributed by atoms with Crippen LogP contribution >= 0.6 is 0 Å². The molecule has 0 aromatic heterocycles. The molecule has 0 aliphatic rings. The number of rotatable bonds is 6. The lowest BCUT2D eigenvalue weighted by Crippen LogP contribution is -2.58. The van der Waals surface area contributed by atoms with Gasteiger partial charge in [-0.25, -0.2) is 4.79 Å². The third-order valence-corrected chi connectivity index (χ3v) is 2.46. The number of carbonyl (C=O) groups is 3. The van der Waals surface area contributed by atoms with Crippen LogP contribution in [-0.4, -0.2) is 34.1 Å². The second-order valence-electron chi connectivity index (χ2n) is 5.35. The molecule has 3 amide bonds. The molecule has 0 spiro atoms. The number of aliphatic carboxylic acids is 1. The molecule has 0 aromatic carbocycles. The number of amides is 3. The van der Waals surface area contributed by atoms with Crippen molar-refractivity contribution >= 4 is 17.9 Å². The second-order valence-corrected chi connectivity index (χ2v) is 5.35. The first-order chi connectivity index (χ1) is 7.96. The van der Waals surface area contributed by atoms with Gasteiger partial charge in [-0.1, -0.05) is 0 Å². The Morgan fingerprint density at radius 1 is 1.11 bits per heavy atom. The average molecular weight is 259 g/mol. The summed E-state index contributed by atoms with van der Waals surface area (Å²) >= 11 is 0. The fraction of sp³-hybridized carbons (Fsp3) is 0.727. The predicted octanol–water partition coefficient (Wildman–Crippen LogP) is 0.193. The van der Waals surface area contributed by atoms with Gasteiger partial charge in [0.25, 0.3) is 0 Å². The maximum absolute atomic E-state index is 11.6. The van der Waals surface area contributed by atoms with Gasteiger partial charge in [0.15, 0.2) is 0 Å². The molecule has 0 radical (unpaired) electrons. The number of urea groups is 1. The number of nitrogens with one attached hydrogen (secondary N) is 2. The molecule has 0 aliphatic carbocycles. The van der Waals surface area contributed by atoms with Gasteiger partial charge in [-0.2, -0.15) is 0 Å². The number of carbonyl (C=O) groups excluding carboxylic acids is 2. The van der Waals surface area contributed by atoms with Crippen LogP contribution in [0.25, 0.3) is 0 Å². The minimum Gasteiger partial charge on any atom is -0.481 e. The average Bonchev–Trinajstić information content (AvgIpc) is 2.12. The molecule has 18 heavy (non-hydrogen) atoms. The number of nitrogens with two attached hydrogens (primary N) is 1. The summed E-state index contributed by atoms with van der Waals surface area (Å²) in [6.07, 6.45) is 0.235. The third-order valence-electron chi connectivity index (χ3n) is 2.46. The molecule has 0 unspecified atom stereocenters. The first kappa shape index (κ1) is 16.2. The van der Waals surface area contributed by atoms with Crippen molar-refractivity contribution < 1.29 is 19.5 Å². The minimum absolute atomic E-state index is 0.0491. The number of hydrogen-bond acceptors (Lipinski definition) is 3. The highest BCUT2D eigenvalue weighted by atomic mass is 16.4. The van der Waals surface area contributed by atoms with Crippen LogP contribution in [0.2, 0.25) is 0 Å². The zero-order valence-corrected chi connectivity index (χ0v) is 11.2. The molecule has 7 nitrogen and oxygen atoms in total. The van der Waals surface area contributed by atoms with E-state index in [0.29, 0.717) is 0 Å². The van der Waals surface area contributed by atoms with Crippen LogP contribution in [-0.2, 0) is 9.59 Å². The van der Waals surface area contributed by atoms with Crippen LogP contribution in [0, 0.1) is 0 Å². The zero-order chi connectivity index (χ0) is 14.6. The molecule has 0 saturated heterocycles. The topological polar surface area (TPSA) is 122 Å². The van der Waals surface area contributed by atoms with Gasteiger partial charge in [-0.3, -0.25) is 9.59 Å². The van der Waals surface area contributed by atoms with Crippen molar-refractivity contribution in [2.75, 3.05) is 0 Å². The zero-order valence-electron chi connectivity index (χ0n) is 11.2. The standard InChI is InChI=1S/C11H21N3O4/c1-10(2,6-5-7(15)16)13-9(18)14-11(3,4)8(12)17/h5-6H2,1-4H3,(H2,12,17)(H,15,16)(H2,13,14,18). The summed E-state index contributed by atoms with van der Waals surface area (Å²) in [5.41, 5.74) is 3.28. The molecular weight excluding hydrogens is 238 g/mol. The van der Waals surface area contributed by atoms with Gasteiger partial charge in [0.2, 0.25) is 5.91 Å². The molecule has 104 valence electrons. The molecule has 0 bridgehead atoms. The Balaban J connectivity index is 4.39. The summed E-state index contributed by atoms with van der Waals surface area (Å²) in [5, 5.41) is 13.6. The lowest BCUT2D eigenvalue weighted by atomic mass is 9.98. The molecular formula is C11H21N3O4. The van der Waals surface area contributed by atoms with E-state index in [1.54, 1.807) is 13.8 Å². The normalized spacial score (nSPS) is 11.8. The van der Waals surface area contributed by atoms with E-state index < -0.39 is 29.0 Å². The summed E-state index contributed by atoms with van der Waals surface area (Å²) < 4.78 is 0. The van der Waals surface area contributed by atoms with Gasteiger partial charge in [0, 0.05) is 12.0 Å². The Morgan fingerprint density at radius 2 is 1.61 bits per heavy atom. The van der Waals surface area contributed by atoms with E-state index in [0.717, 1.165) is 0 Å².